The molecule has 0 aromatic heterocycles. The fourth-order valence-corrected chi connectivity index (χ4v) is 3.25. The van der Waals surface area contributed by atoms with Crippen LogP contribution in [0.15, 0.2) is 24.3 Å². The zero-order valence-electron chi connectivity index (χ0n) is 11.3. The van der Waals surface area contributed by atoms with E-state index >= 15 is 0 Å². The van der Waals surface area contributed by atoms with Gasteiger partial charge < -0.3 is 10.6 Å². The maximum atomic E-state index is 12.3. The molecule has 3 atom stereocenters. The Hall–Kier alpha value is -1.20. The number of hydrogen-bond donors (Lipinski definition) is 2. The lowest BCUT2D eigenvalue weighted by Crippen LogP contribution is -2.43. The van der Waals surface area contributed by atoms with E-state index in [0.717, 1.165) is 12.1 Å². The Morgan fingerprint density at radius 2 is 2.26 bits per heavy atom. The van der Waals surface area contributed by atoms with Crippen molar-refractivity contribution in [2.45, 2.75) is 25.4 Å². The summed E-state index contributed by atoms with van der Waals surface area (Å²) in [6, 6.07) is 7.96. The molecular formula is C14H20N2O2S. The zero-order valence-corrected chi connectivity index (χ0v) is 12.1. The van der Waals surface area contributed by atoms with Crippen molar-refractivity contribution in [3.63, 3.8) is 0 Å². The molecule has 0 saturated carbocycles. The molecule has 1 amide bonds. The summed E-state index contributed by atoms with van der Waals surface area (Å²) in [6.45, 7) is 3.36. The number of amides is 1. The predicted molar refractivity (Wildman–Crippen MR) is 77.4 cm³/mol. The minimum absolute atomic E-state index is 0.0117. The molecule has 1 aromatic rings. The highest BCUT2D eigenvalue weighted by atomic mass is 32.2. The summed E-state index contributed by atoms with van der Waals surface area (Å²) in [4.78, 5) is 12.3. The van der Waals surface area contributed by atoms with Crippen molar-refractivity contribution in [1.82, 2.24) is 10.6 Å². The number of nitrogens with one attached hydrogen (secondary N) is 2. The third-order valence-electron chi connectivity index (χ3n) is 3.28. The van der Waals surface area contributed by atoms with Gasteiger partial charge in [-0.05, 0) is 18.1 Å². The number of hydrogen-bond acceptors (Lipinski definition) is 3. The van der Waals surface area contributed by atoms with E-state index < -0.39 is 10.8 Å². The third-order valence-corrected chi connectivity index (χ3v) is 4.25. The molecule has 0 radical (unpaired) electrons. The van der Waals surface area contributed by atoms with Crippen molar-refractivity contribution in [2.75, 3.05) is 18.6 Å². The van der Waals surface area contributed by atoms with Gasteiger partial charge in [-0.15, -0.1) is 0 Å². The molecule has 0 aliphatic carbocycles. The van der Waals surface area contributed by atoms with Gasteiger partial charge in [-0.3, -0.25) is 9.00 Å². The van der Waals surface area contributed by atoms with Gasteiger partial charge in [-0.1, -0.05) is 24.3 Å². The van der Waals surface area contributed by atoms with Crippen LogP contribution >= 0.6 is 0 Å². The first kappa shape index (κ1) is 14.2. The molecule has 5 heteroatoms. The van der Waals surface area contributed by atoms with E-state index in [2.05, 4.69) is 10.6 Å². The van der Waals surface area contributed by atoms with E-state index in [0.29, 0.717) is 12.3 Å². The SMILES string of the molecule is CC(CS(C)=O)NC(=O)C1CNCc2ccccc21. The molecule has 1 aliphatic rings. The molecule has 2 N–H and O–H groups in total. The van der Waals surface area contributed by atoms with Crippen LogP contribution in [0.3, 0.4) is 0 Å². The molecule has 104 valence electrons. The van der Waals surface area contributed by atoms with Gasteiger partial charge in [0.15, 0.2) is 0 Å². The minimum Gasteiger partial charge on any atom is -0.352 e. The van der Waals surface area contributed by atoms with Crippen LogP contribution in [0, 0.1) is 0 Å². The second kappa shape index (κ2) is 6.30. The molecule has 1 aromatic carbocycles. The van der Waals surface area contributed by atoms with E-state index in [4.69, 9.17) is 0 Å². The van der Waals surface area contributed by atoms with Crippen molar-refractivity contribution in [3.05, 3.63) is 35.4 Å². The Balaban J connectivity index is 2.06. The average Bonchev–Trinajstić information content (AvgIpc) is 2.36. The van der Waals surface area contributed by atoms with E-state index in [-0.39, 0.29) is 17.9 Å². The van der Waals surface area contributed by atoms with Crippen molar-refractivity contribution in [1.29, 1.82) is 0 Å². The first-order chi connectivity index (χ1) is 9.08. The predicted octanol–water partition coefficient (Wildman–Crippen LogP) is 0.757. The van der Waals surface area contributed by atoms with Crippen LogP contribution in [0.1, 0.15) is 24.0 Å². The Bertz CT molecular complexity index is 490. The summed E-state index contributed by atoms with van der Waals surface area (Å²) >= 11 is 0. The van der Waals surface area contributed by atoms with Gasteiger partial charge in [-0.25, -0.2) is 0 Å². The maximum Gasteiger partial charge on any atom is 0.229 e. The van der Waals surface area contributed by atoms with Crippen LogP contribution in [0.2, 0.25) is 0 Å². The number of fused-ring (bicyclic) bond motifs is 1. The van der Waals surface area contributed by atoms with Crippen LogP contribution in [-0.2, 0) is 22.1 Å². The molecule has 1 aliphatic heterocycles. The van der Waals surface area contributed by atoms with E-state index in [1.54, 1.807) is 6.26 Å². The van der Waals surface area contributed by atoms with Crippen molar-refractivity contribution < 1.29 is 9.00 Å². The van der Waals surface area contributed by atoms with Gasteiger partial charge in [0, 0.05) is 41.9 Å². The molecule has 1 heterocycles. The van der Waals surface area contributed by atoms with Crippen molar-refractivity contribution in [2.24, 2.45) is 0 Å². The highest BCUT2D eigenvalue weighted by molar-refractivity contribution is 7.84. The molecule has 0 saturated heterocycles. The molecule has 4 nitrogen and oxygen atoms in total. The lowest BCUT2D eigenvalue weighted by atomic mass is 9.90. The van der Waals surface area contributed by atoms with E-state index in [1.165, 1.54) is 5.56 Å². The fraction of sp³-hybridized carbons (Fsp3) is 0.500. The normalized spacial score (nSPS) is 21.3. The van der Waals surface area contributed by atoms with Crippen molar-refractivity contribution >= 4 is 16.7 Å². The standard InChI is InChI=1S/C14H20N2O2S/c1-10(9-19(2)18)16-14(17)13-8-15-7-11-5-3-4-6-12(11)13/h3-6,10,13,15H,7-9H2,1-2H3,(H,16,17). The average molecular weight is 280 g/mol. The summed E-state index contributed by atoms with van der Waals surface area (Å²) in [6.07, 6.45) is 1.65. The minimum atomic E-state index is -0.893. The largest absolute Gasteiger partial charge is 0.352 e. The Morgan fingerprint density at radius 1 is 1.53 bits per heavy atom. The highest BCUT2D eigenvalue weighted by Crippen LogP contribution is 2.23. The van der Waals surface area contributed by atoms with Gasteiger partial charge in [0.2, 0.25) is 5.91 Å². The summed E-state index contributed by atoms with van der Waals surface area (Å²) in [5.41, 5.74) is 2.28. The molecule has 3 unspecified atom stereocenters. The summed E-state index contributed by atoms with van der Waals surface area (Å²) < 4.78 is 11.2. The first-order valence-corrected chi connectivity index (χ1v) is 8.19. The first-order valence-electron chi connectivity index (χ1n) is 6.47. The lowest BCUT2D eigenvalue weighted by molar-refractivity contribution is -0.123. The molecular weight excluding hydrogens is 260 g/mol. The Labute approximate surface area is 116 Å². The molecule has 0 fully saturated rings. The maximum absolute atomic E-state index is 12.3. The van der Waals surface area contributed by atoms with Crippen LogP contribution in [-0.4, -0.2) is 34.7 Å². The second-order valence-corrected chi connectivity index (χ2v) is 6.51. The topological polar surface area (TPSA) is 58.2 Å². The summed E-state index contributed by atoms with van der Waals surface area (Å²) in [5, 5.41) is 6.21. The second-order valence-electron chi connectivity index (χ2n) is 5.03. The Morgan fingerprint density at radius 3 is 3.00 bits per heavy atom. The number of benzene rings is 1. The number of carbonyl (C=O) groups is 1. The Kier molecular flexibility index (Phi) is 4.71. The van der Waals surface area contributed by atoms with E-state index in [9.17, 15) is 9.00 Å². The quantitative estimate of drug-likeness (QED) is 0.856. The van der Waals surface area contributed by atoms with Crippen LogP contribution in [0.4, 0.5) is 0 Å². The van der Waals surface area contributed by atoms with Gasteiger partial charge >= 0.3 is 0 Å². The molecule has 0 spiro atoms. The molecule has 0 bridgehead atoms. The van der Waals surface area contributed by atoms with Crippen LogP contribution < -0.4 is 10.6 Å². The third kappa shape index (κ3) is 3.64. The van der Waals surface area contributed by atoms with Gasteiger partial charge in [-0.2, -0.15) is 0 Å². The molecule has 19 heavy (non-hydrogen) atoms. The van der Waals surface area contributed by atoms with Crippen molar-refractivity contribution in [3.8, 4) is 0 Å². The van der Waals surface area contributed by atoms with Crippen LogP contribution in [0.25, 0.3) is 0 Å². The lowest BCUT2D eigenvalue weighted by Gasteiger charge is -2.26. The summed E-state index contributed by atoms with van der Waals surface area (Å²) in [7, 11) is -0.893. The summed E-state index contributed by atoms with van der Waals surface area (Å²) in [5.74, 6) is 0.350. The number of carbonyl (C=O) groups excluding carboxylic acids is 1. The van der Waals surface area contributed by atoms with Gasteiger partial charge in [0.25, 0.3) is 0 Å². The highest BCUT2D eigenvalue weighted by Gasteiger charge is 2.26. The van der Waals surface area contributed by atoms with E-state index in [1.807, 2.05) is 31.2 Å². The van der Waals surface area contributed by atoms with Gasteiger partial charge in [0.1, 0.15) is 0 Å². The smallest absolute Gasteiger partial charge is 0.229 e. The van der Waals surface area contributed by atoms with Crippen LogP contribution in [0.5, 0.6) is 0 Å². The van der Waals surface area contributed by atoms with Gasteiger partial charge in [0.05, 0.1) is 5.92 Å². The monoisotopic (exact) mass is 280 g/mol. The fourth-order valence-electron chi connectivity index (χ4n) is 2.47. The number of rotatable bonds is 4. The molecule has 2 rings (SSSR count). The zero-order chi connectivity index (χ0) is 13.8.